The third kappa shape index (κ3) is 6.45. The molecule has 2 aromatic carbocycles. The highest BCUT2D eigenvalue weighted by Gasteiger charge is 2.28. The third-order valence-corrected chi connectivity index (χ3v) is 6.34. The van der Waals surface area contributed by atoms with Gasteiger partial charge in [0.1, 0.15) is 11.8 Å². The van der Waals surface area contributed by atoms with Crippen LogP contribution >= 0.6 is 11.8 Å². The average molecular weight is 423 g/mol. The quantitative estimate of drug-likeness (QED) is 0.596. The smallest absolute Gasteiger partial charge is 0.243 e. The highest BCUT2D eigenvalue weighted by atomic mass is 32.2. The molecule has 0 heterocycles. The molecule has 6 nitrogen and oxygen atoms in total. The lowest BCUT2D eigenvalue weighted by Crippen LogP contribution is -2.48. The summed E-state index contributed by atoms with van der Waals surface area (Å²) in [4.78, 5) is 12.5. The van der Waals surface area contributed by atoms with E-state index in [1.165, 1.54) is 12.7 Å². The molecule has 1 unspecified atom stereocenters. The van der Waals surface area contributed by atoms with E-state index >= 15 is 0 Å². The molecule has 0 aliphatic carbocycles. The topological polar surface area (TPSA) is 75.7 Å². The number of carbonyl (C=O) groups excluding carboxylic acids is 1. The molecule has 28 heavy (non-hydrogen) atoms. The lowest BCUT2D eigenvalue weighted by Gasteiger charge is -2.28. The lowest BCUT2D eigenvalue weighted by molar-refractivity contribution is -0.121. The Kier molecular flexibility index (Phi) is 8.19. The van der Waals surface area contributed by atoms with Gasteiger partial charge in [0, 0.05) is 18.1 Å². The maximum atomic E-state index is 12.5. The molecule has 0 saturated heterocycles. The molecule has 0 spiro atoms. The maximum absolute atomic E-state index is 12.5. The van der Waals surface area contributed by atoms with Gasteiger partial charge in [-0.25, -0.2) is 8.42 Å². The Balaban J connectivity index is 1.91. The minimum Gasteiger partial charge on any atom is -0.497 e. The van der Waals surface area contributed by atoms with E-state index in [1.807, 2.05) is 18.2 Å². The zero-order valence-corrected chi connectivity index (χ0v) is 17.9. The van der Waals surface area contributed by atoms with Gasteiger partial charge in [0.15, 0.2) is 0 Å². The van der Waals surface area contributed by atoms with Crippen molar-refractivity contribution in [2.75, 3.05) is 30.0 Å². The second kappa shape index (κ2) is 10.4. The number of sulfonamides is 1. The average Bonchev–Trinajstić information content (AvgIpc) is 2.68. The van der Waals surface area contributed by atoms with Crippen molar-refractivity contribution in [1.82, 2.24) is 5.32 Å². The molecule has 0 aromatic heterocycles. The van der Waals surface area contributed by atoms with Crippen molar-refractivity contribution in [3.05, 3.63) is 60.2 Å². The van der Waals surface area contributed by atoms with Crippen LogP contribution in [0.1, 0.15) is 12.5 Å². The minimum absolute atomic E-state index is 0.332. The van der Waals surface area contributed by atoms with Gasteiger partial charge < -0.3 is 10.1 Å². The van der Waals surface area contributed by atoms with Gasteiger partial charge in [-0.2, -0.15) is 11.8 Å². The molecule has 1 N–H and O–H groups in total. The number of hydrogen-bond donors (Lipinski definition) is 1. The predicted octanol–water partition coefficient (Wildman–Crippen LogP) is 2.90. The number of ether oxygens (including phenoxy) is 1. The fourth-order valence-electron chi connectivity index (χ4n) is 2.70. The molecule has 0 radical (unpaired) electrons. The molecule has 0 aliphatic rings. The summed E-state index contributed by atoms with van der Waals surface area (Å²) in [7, 11) is -2.09. The van der Waals surface area contributed by atoms with E-state index in [0.29, 0.717) is 18.0 Å². The van der Waals surface area contributed by atoms with Crippen LogP contribution in [0.3, 0.4) is 0 Å². The number of hydrogen-bond acceptors (Lipinski definition) is 5. The fourth-order valence-corrected chi connectivity index (χ4v) is 4.69. The van der Waals surface area contributed by atoms with Gasteiger partial charge in [0.25, 0.3) is 0 Å². The van der Waals surface area contributed by atoms with E-state index in [9.17, 15) is 13.2 Å². The fraction of sp³-hybridized carbons (Fsp3) is 0.350. The zero-order chi connectivity index (χ0) is 20.6. The van der Waals surface area contributed by atoms with E-state index < -0.39 is 16.1 Å². The minimum atomic E-state index is -3.63. The van der Waals surface area contributed by atoms with Crippen LogP contribution in [0.15, 0.2) is 54.6 Å². The Morgan fingerprint density at radius 2 is 1.79 bits per heavy atom. The van der Waals surface area contributed by atoms with Crippen molar-refractivity contribution < 1.29 is 17.9 Å². The Labute approximate surface area is 171 Å². The summed E-state index contributed by atoms with van der Waals surface area (Å²) < 4.78 is 30.8. The summed E-state index contributed by atoms with van der Waals surface area (Å²) >= 11 is 1.71. The largest absolute Gasteiger partial charge is 0.497 e. The van der Waals surface area contributed by atoms with Gasteiger partial charge in [-0.1, -0.05) is 30.3 Å². The number of thioether (sulfide) groups is 1. The number of nitrogens with one attached hydrogen (secondary N) is 1. The molecule has 0 bridgehead atoms. The number of amides is 1. The van der Waals surface area contributed by atoms with Gasteiger partial charge in [0.2, 0.25) is 15.9 Å². The van der Waals surface area contributed by atoms with Gasteiger partial charge in [0.05, 0.1) is 19.1 Å². The number of rotatable bonds is 10. The molecule has 152 valence electrons. The van der Waals surface area contributed by atoms with E-state index in [-0.39, 0.29) is 5.91 Å². The molecule has 0 saturated carbocycles. The molecule has 1 atom stereocenters. The normalized spacial score (nSPS) is 12.2. The number of carbonyl (C=O) groups is 1. The molecular formula is C20H26N2O4S2. The summed E-state index contributed by atoms with van der Waals surface area (Å²) in [6, 6.07) is 15.8. The Morgan fingerprint density at radius 3 is 2.36 bits per heavy atom. The van der Waals surface area contributed by atoms with Crippen LogP contribution < -0.4 is 14.4 Å². The standard InChI is InChI=1S/C20H26N2O4S2/c1-16(20(23)21-13-14-27-15-17-7-5-4-6-8-17)22(28(3,24)25)18-9-11-19(26-2)12-10-18/h4-12,16H,13-15H2,1-3H3,(H,21,23). The molecule has 0 aliphatic heterocycles. The van der Waals surface area contributed by atoms with Gasteiger partial charge >= 0.3 is 0 Å². The number of nitrogens with zero attached hydrogens (tertiary/aromatic N) is 1. The van der Waals surface area contributed by atoms with Crippen LogP contribution in [0.4, 0.5) is 5.69 Å². The number of benzene rings is 2. The van der Waals surface area contributed by atoms with Crippen molar-refractivity contribution in [3.8, 4) is 5.75 Å². The summed E-state index contributed by atoms with van der Waals surface area (Å²) in [5, 5.41) is 2.82. The summed E-state index contributed by atoms with van der Waals surface area (Å²) in [5.74, 6) is 1.90. The molecule has 8 heteroatoms. The number of anilines is 1. The van der Waals surface area contributed by atoms with Crippen molar-refractivity contribution in [1.29, 1.82) is 0 Å². The van der Waals surface area contributed by atoms with Crippen LogP contribution in [0.25, 0.3) is 0 Å². The molecular weight excluding hydrogens is 396 g/mol. The second-order valence-electron chi connectivity index (χ2n) is 6.26. The molecule has 2 aromatic rings. The molecule has 1 amide bonds. The maximum Gasteiger partial charge on any atom is 0.243 e. The van der Waals surface area contributed by atoms with E-state index in [2.05, 4.69) is 17.4 Å². The SMILES string of the molecule is COc1ccc(N(C(C)C(=O)NCCSCc2ccccc2)S(C)(=O)=O)cc1. The Hall–Kier alpha value is -2.19. The Bertz CT molecular complexity index is 856. The van der Waals surface area contributed by atoms with Crippen LogP contribution in [-0.4, -0.2) is 46.0 Å². The van der Waals surface area contributed by atoms with Gasteiger partial charge in [-0.05, 0) is 36.8 Å². The predicted molar refractivity (Wildman–Crippen MR) is 115 cm³/mol. The highest BCUT2D eigenvalue weighted by molar-refractivity contribution is 7.98. The molecule has 2 rings (SSSR count). The van der Waals surface area contributed by atoms with Crippen LogP contribution in [-0.2, 0) is 20.6 Å². The highest BCUT2D eigenvalue weighted by Crippen LogP contribution is 2.23. The van der Waals surface area contributed by atoms with E-state index in [4.69, 9.17) is 4.74 Å². The number of methoxy groups -OCH3 is 1. The van der Waals surface area contributed by atoms with E-state index in [0.717, 1.165) is 22.1 Å². The van der Waals surface area contributed by atoms with Crippen molar-refractivity contribution in [2.24, 2.45) is 0 Å². The molecule has 0 fully saturated rings. The van der Waals surface area contributed by atoms with E-state index in [1.54, 1.807) is 43.0 Å². The van der Waals surface area contributed by atoms with Crippen molar-refractivity contribution in [3.63, 3.8) is 0 Å². The monoisotopic (exact) mass is 422 g/mol. The van der Waals surface area contributed by atoms with Crippen LogP contribution in [0.2, 0.25) is 0 Å². The third-order valence-electron chi connectivity index (χ3n) is 4.07. The first-order chi connectivity index (χ1) is 13.3. The summed E-state index contributed by atoms with van der Waals surface area (Å²) in [5.41, 5.74) is 1.65. The van der Waals surface area contributed by atoms with Crippen LogP contribution in [0.5, 0.6) is 5.75 Å². The summed E-state index contributed by atoms with van der Waals surface area (Å²) in [6.07, 6.45) is 1.09. The van der Waals surface area contributed by atoms with Crippen LogP contribution in [0, 0.1) is 0 Å². The van der Waals surface area contributed by atoms with Crippen molar-refractivity contribution >= 4 is 33.4 Å². The second-order valence-corrected chi connectivity index (χ2v) is 9.23. The first-order valence-electron chi connectivity index (χ1n) is 8.85. The van der Waals surface area contributed by atoms with Crippen molar-refractivity contribution in [2.45, 2.75) is 18.7 Å². The zero-order valence-electron chi connectivity index (χ0n) is 16.3. The van der Waals surface area contributed by atoms with Gasteiger partial charge in [-0.3, -0.25) is 9.10 Å². The first-order valence-corrected chi connectivity index (χ1v) is 11.9. The van der Waals surface area contributed by atoms with Gasteiger partial charge in [-0.15, -0.1) is 0 Å². The lowest BCUT2D eigenvalue weighted by atomic mass is 10.2. The first kappa shape index (κ1) is 22.1. The Morgan fingerprint density at radius 1 is 1.14 bits per heavy atom. The summed E-state index contributed by atoms with van der Waals surface area (Å²) in [6.45, 7) is 2.05.